The predicted octanol–water partition coefficient (Wildman–Crippen LogP) is 3.64. The van der Waals surface area contributed by atoms with Crippen molar-refractivity contribution in [3.05, 3.63) is 59.1 Å². The minimum atomic E-state index is -1.03. The van der Waals surface area contributed by atoms with Crippen LogP contribution in [0, 0.1) is 0 Å². The van der Waals surface area contributed by atoms with E-state index in [1.165, 1.54) is 0 Å². The predicted molar refractivity (Wildman–Crippen MR) is 109 cm³/mol. The van der Waals surface area contributed by atoms with Crippen LogP contribution in [0.15, 0.2) is 48.5 Å². The largest absolute Gasteiger partial charge is 0.478 e. The van der Waals surface area contributed by atoms with Gasteiger partial charge in [0.1, 0.15) is 11.5 Å². The molecule has 0 saturated carbocycles. The van der Waals surface area contributed by atoms with Crippen molar-refractivity contribution in [1.82, 2.24) is 10.2 Å². The van der Waals surface area contributed by atoms with Gasteiger partial charge in [0.25, 0.3) is 11.8 Å². The van der Waals surface area contributed by atoms with E-state index in [-0.39, 0.29) is 11.8 Å². The van der Waals surface area contributed by atoms with Crippen molar-refractivity contribution >= 4 is 23.4 Å². The van der Waals surface area contributed by atoms with Crippen LogP contribution >= 0.6 is 11.6 Å². The summed E-state index contributed by atoms with van der Waals surface area (Å²) in [5.74, 6) is 0.922. The van der Waals surface area contributed by atoms with Crippen molar-refractivity contribution in [2.24, 2.45) is 0 Å². The van der Waals surface area contributed by atoms with E-state index in [0.29, 0.717) is 48.0 Å². The highest BCUT2D eigenvalue weighted by molar-refractivity contribution is 6.30. The highest BCUT2D eigenvalue weighted by Gasteiger charge is 2.45. The Morgan fingerprint density at radius 3 is 2.48 bits per heavy atom. The molecule has 2 aliphatic rings. The lowest BCUT2D eigenvalue weighted by Gasteiger charge is -2.45. The first-order valence-corrected chi connectivity index (χ1v) is 10.0. The Hall–Kier alpha value is -2.73. The Labute approximate surface area is 174 Å². The minimum Gasteiger partial charge on any atom is -0.478 e. The van der Waals surface area contributed by atoms with Gasteiger partial charge >= 0.3 is 0 Å². The Bertz CT molecular complexity index is 934. The van der Waals surface area contributed by atoms with Crippen LogP contribution in [0.3, 0.4) is 0 Å². The first-order valence-electron chi connectivity index (χ1n) is 9.63. The standard InChI is InChI=1S/C22H23ClN2O4/c1-21(2,28-16-9-7-15(23)8-10-16)20(27)25-13-11-22(12-14-25)24-19(26)17-5-3-4-6-18(17)29-22/h3-10H,11-14H2,1-2H3,(H,24,26). The number of rotatable bonds is 3. The number of carbonyl (C=O) groups is 2. The second kappa shape index (κ2) is 7.26. The molecule has 0 atom stereocenters. The highest BCUT2D eigenvalue weighted by Crippen LogP contribution is 2.34. The van der Waals surface area contributed by atoms with Gasteiger partial charge in [-0.1, -0.05) is 23.7 Å². The Balaban J connectivity index is 1.42. The number of nitrogens with zero attached hydrogens (tertiary/aromatic N) is 1. The summed E-state index contributed by atoms with van der Waals surface area (Å²) in [5.41, 5.74) is -1.26. The summed E-state index contributed by atoms with van der Waals surface area (Å²) in [5, 5.41) is 3.60. The molecule has 4 rings (SSSR count). The Morgan fingerprint density at radius 2 is 1.79 bits per heavy atom. The summed E-state index contributed by atoms with van der Waals surface area (Å²) in [4.78, 5) is 27.3. The molecule has 6 nitrogen and oxygen atoms in total. The van der Waals surface area contributed by atoms with E-state index >= 15 is 0 Å². The number of para-hydroxylation sites is 1. The fraction of sp³-hybridized carbons (Fsp3) is 0.364. The number of likely N-dealkylation sites (tertiary alicyclic amines) is 1. The molecule has 0 aliphatic carbocycles. The second-order valence-corrected chi connectivity index (χ2v) is 8.34. The molecular formula is C22H23ClN2O4. The number of hydrogen-bond donors (Lipinski definition) is 1. The van der Waals surface area contributed by atoms with Crippen LogP contribution < -0.4 is 14.8 Å². The van der Waals surface area contributed by atoms with Crippen molar-refractivity contribution in [3.8, 4) is 11.5 Å². The quantitative estimate of drug-likeness (QED) is 0.832. The average molecular weight is 415 g/mol. The van der Waals surface area contributed by atoms with Crippen molar-refractivity contribution in [1.29, 1.82) is 0 Å². The van der Waals surface area contributed by atoms with Gasteiger partial charge in [0.2, 0.25) is 0 Å². The monoisotopic (exact) mass is 414 g/mol. The number of halogens is 1. The summed E-state index contributed by atoms with van der Waals surface area (Å²) in [6.45, 7) is 4.44. The molecule has 0 aromatic heterocycles. The number of benzene rings is 2. The molecule has 0 unspecified atom stereocenters. The second-order valence-electron chi connectivity index (χ2n) is 7.91. The fourth-order valence-electron chi connectivity index (χ4n) is 3.77. The zero-order valence-electron chi connectivity index (χ0n) is 16.4. The molecule has 0 radical (unpaired) electrons. The van der Waals surface area contributed by atoms with Crippen LogP contribution in [0.4, 0.5) is 0 Å². The molecule has 2 aromatic carbocycles. The van der Waals surface area contributed by atoms with E-state index in [4.69, 9.17) is 21.1 Å². The van der Waals surface area contributed by atoms with E-state index in [9.17, 15) is 9.59 Å². The first-order chi connectivity index (χ1) is 13.8. The van der Waals surface area contributed by atoms with Crippen molar-refractivity contribution in [2.45, 2.75) is 38.0 Å². The Kier molecular flexibility index (Phi) is 4.90. The van der Waals surface area contributed by atoms with Gasteiger partial charge < -0.3 is 19.7 Å². The van der Waals surface area contributed by atoms with E-state index in [0.717, 1.165) is 0 Å². The molecule has 1 fully saturated rings. The first kappa shape index (κ1) is 19.6. The number of piperidine rings is 1. The highest BCUT2D eigenvalue weighted by atomic mass is 35.5. The van der Waals surface area contributed by atoms with Crippen LogP contribution in [0.25, 0.3) is 0 Å². The maximum Gasteiger partial charge on any atom is 0.266 e. The topological polar surface area (TPSA) is 67.9 Å². The molecule has 2 aromatic rings. The van der Waals surface area contributed by atoms with Crippen LogP contribution in [0.5, 0.6) is 11.5 Å². The lowest BCUT2D eigenvalue weighted by molar-refractivity contribution is -0.149. The summed E-state index contributed by atoms with van der Waals surface area (Å²) in [6.07, 6.45) is 1.02. The number of nitrogens with one attached hydrogen (secondary N) is 1. The number of hydrogen-bond acceptors (Lipinski definition) is 4. The summed E-state index contributed by atoms with van der Waals surface area (Å²) >= 11 is 5.91. The zero-order chi connectivity index (χ0) is 20.6. The molecule has 1 spiro atoms. The Morgan fingerprint density at radius 1 is 1.14 bits per heavy atom. The lowest BCUT2D eigenvalue weighted by atomic mass is 9.95. The lowest BCUT2D eigenvalue weighted by Crippen LogP contribution is -2.63. The molecule has 1 N–H and O–H groups in total. The van der Waals surface area contributed by atoms with Crippen molar-refractivity contribution in [3.63, 3.8) is 0 Å². The van der Waals surface area contributed by atoms with Crippen molar-refractivity contribution in [2.75, 3.05) is 13.1 Å². The van der Waals surface area contributed by atoms with Gasteiger partial charge in [-0.15, -0.1) is 0 Å². The smallest absolute Gasteiger partial charge is 0.266 e. The summed E-state index contributed by atoms with van der Waals surface area (Å²) in [7, 11) is 0. The normalized spacial score (nSPS) is 17.9. The van der Waals surface area contributed by atoms with Gasteiger partial charge in [-0.3, -0.25) is 9.59 Å². The third-order valence-corrected chi connectivity index (χ3v) is 5.59. The third-order valence-electron chi connectivity index (χ3n) is 5.34. The van der Waals surface area contributed by atoms with E-state index in [1.807, 2.05) is 12.1 Å². The summed E-state index contributed by atoms with van der Waals surface area (Å²) in [6, 6.07) is 14.1. The van der Waals surface area contributed by atoms with E-state index in [2.05, 4.69) is 5.32 Å². The van der Waals surface area contributed by atoms with Crippen LogP contribution in [0.1, 0.15) is 37.0 Å². The van der Waals surface area contributed by atoms with E-state index in [1.54, 1.807) is 55.1 Å². The van der Waals surface area contributed by atoms with Gasteiger partial charge in [0.15, 0.2) is 11.3 Å². The number of fused-ring (bicyclic) bond motifs is 1. The number of ether oxygens (including phenoxy) is 2. The van der Waals surface area contributed by atoms with Crippen LogP contribution in [-0.2, 0) is 4.79 Å². The average Bonchev–Trinajstić information content (AvgIpc) is 2.70. The molecular weight excluding hydrogens is 392 g/mol. The molecule has 2 amide bonds. The third kappa shape index (κ3) is 3.90. The van der Waals surface area contributed by atoms with Gasteiger partial charge in [-0.2, -0.15) is 0 Å². The van der Waals surface area contributed by atoms with Crippen LogP contribution in [-0.4, -0.2) is 41.1 Å². The maximum absolute atomic E-state index is 13.1. The molecule has 2 aliphatic heterocycles. The molecule has 0 bridgehead atoms. The van der Waals surface area contributed by atoms with Crippen molar-refractivity contribution < 1.29 is 19.1 Å². The number of carbonyl (C=O) groups excluding carboxylic acids is 2. The molecule has 7 heteroatoms. The molecule has 152 valence electrons. The molecule has 1 saturated heterocycles. The van der Waals surface area contributed by atoms with Gasteiger partial charge in [-0.25, -0.2) is 0 Å². The maximum atomic E-state index is 13.1. The molecule has 29 heavy (non-hydrogen) atoms. The van der Waals surface area contributed by atoms with Gasteiger partial charge in [0, 0.05) is 31.0 Å². The summed E-state index contributed by atoms with van der Waals surface area (Å²) < 4.78 is 12.1. The zero-order valence-corrected chi connectivity index (χ0v) is 17.2. The van der Waals surface area contributed by atoms with Gasteiger partial charge in [0.05, 0.1) is 5.56 Å². The fourth-order valence-corrected chi connectivity index (χ4v) is 3.90. The van der Waals surface area contributed by atoms with Gasteiger partial charge in [-0.05, 0) is 50.2 Å². The van der Waals surface area contributed by atoms with E-state index < -0.39 is 11.3 Å². The molecule has 2 heterocycles. The minimum absolute atomic E-state index is 0.107. The SMILES string of the molecule is CC(C)(Oc1ccc(Cl)cc1)C(=O)N1CCC2(CC1)NC(=O)c1ccccc1O2. The number of amides is 2. The van der Waals surface area contributed by atoms with Crippen LogP contribution in [0.2, 0.25) is 5.02 Å².